The van der Waals surface area contributed by atoms with Gasteiger partial charge in [0.15, 0.2) is 0 Å². The Morgan fingerprint density at radius 2 is 2.17 bits per heavy atom. The lowest BCUT2D eigenvalue weighted by Gasteiger charge is -2.05. The maximum atomic E-state index is 11.3. The van der Waals surface area contributed by atoms with Gasteiger partial charge in [-0.15, -0.1) is 21.5 Å². The van der Waals surface area contributed by atoms with Crippen LogP contribution < -0.4 is 5.73 Å². The highest BCUT2D eigenvalue weighted by molar-refractivity contribution is 7.09. The van der Waals surface area contributed by atoms with E-state index in [-0.39, 0.29) is 0 Å². The number of amides is 1. The Kier molecular flexibility index (Phi) is 3.55. The molecule has 3 aromatic heterocycles. The molecular weight excluding hydrogens is 322 g/mol. The van der Waals surface area contributed by atoms with Crippen molar-refractivity contribution in [1.29, 1.82) is 0 Å². The van der Waals surface area contributed by atoms with Crippen LogP contribution in [0.4, 0.5) is 0 Å². The molecule has 0 atom stereocenters. The molecule has 0 bridgehead atoms. The number of nitrogens with two attached hydrogens (primary N) is 1. The van der Waals surface area contributed by atoms with Gasteiger partial charge in [0.2, 0.25) is 5.91 Å². The summed E-state index contributed by atoms with van der Waals surface area (Å²) in [5.74, 6) is -0.457. The van der Waals surface area contributed by atoms with Crippen molar-refractivity contribution in [1.82, 2.24) is 19.6 Å². The van der Waals surface area contributed by atoms with Gasteiger partial charge in [-0.25, -0.2) is 4.98 Å². The molecule has 4 rings (SSSR count). The molecule has 7 heteroatoms. The Balaban J connectivity index is 1.73. The van der Waals surface area contributed by atoms with E-state index >= 15 is 0 Å². The molecule has 0 fully saturated rings. The highest BCUT2D eigenvalue weighted by atomic mass is 32.1. The smallest absolute Gasteiger partial charge is 0.248 e. The van der Waals surface area contributed by atoms with Gasteiger partial charge in [0, 0.05) is 23.7 Å². The summed E-state index contributed by atoms with van der Waals surface area (Å²) in [4.78, 5) is 15.7. The third-order valence-electron chi connectivity index (χ3n) is 3.78. The number of hydrogen-bond donors (Lipinski definition) is 1. The predicted octanol–water partition coefficient (Wildman–Crippen LogP) is 2.54. The van der Waals surface area contributed by atoms with E-state index in [2.05, 4.69) is 27.3 Å². The number of imidazole rings is 1. The van der Waals surface area contributed by atoms with Gasteiger partial charge in [-0.05, 0) is 23.8 Å². The minimum absolute atomic E-state index is 0.449. The predicted molar refractivity (Wildman–Crippen MR) is 91.9 cm³/mol. The van der Waals surface area contributed by atoms with E-state index < -0.39 is 5.91 Å². The lowest BCUT2D eigenvalue weighted by molar-refractivity contribution is 0.100. The van der Waals surface area contributed by atoms with E-state index in [4.69, 9.17) is 5.73 Å². The van der Waals surface area contributed by atoms with Crippen LogP contribution in [0.3, 0.4) is 0 Å². The maximum absolute atomic E-state index is 11.3. The molecule has 0 aliphatic carbocycles. The molecule has 1 aromatic carbocycles. The number of aromatic nitrogens is 4. The number of carbonyl (C=O) groups excluding carboxylic acids is 1. The minimum atomic E-state index is -0.457. The minimum Gasteiger partial charge on any atom is -0.366 e. The summed E-state index contributed by atoms with van der Waals surface area (Å²) in [6, 6.07) is 11.6. The summed E-state index contributed by atoms with van der Waals surface area (Å²) in [5, 5.41) is 8.94. The summed E-state index contributed by atoms with van der Waals surface area (Å²) in [6.45, 7) is 0. The topological polar surface area (TPSA) is 86.2 Å². The summed E-state index contributed by atoms with van der Waals surface area (Å²) < 4.78 is 1.94. The molecule has 0 unspecified atom stereocenters. The van der Waals surface area contributed by atoms with Crippen LogP contribution in [0.15, 0.2) is 54.3 Å². The lowest BCUT2D eigenvalue weighted by atomic mass is 10.1. The van der Waals surface area contributed by atoms with Gasteiger partial charge in [-0.1, -0.05) is 18.2 Å². The number of nitrogens with zero attached hydrogens (tertiary/aromatic N) is 4. The van der Waals surface area contributed by atoms with Crippen LogP contribution in [0.1, 0.15) is 20.9 Å². The lowest BCUT2D eigenvalue weighted by Crippen LogP contribution is -2.11. The SMILES string of the molecule is NC(=O)c1ccn2c(-c3cccc(Cc4nncs4)c3)cnc2c1. The van der Waals surface area contributed by atoms with Gasteiger partial charge in [-0.3, -0.25) is 9.20 Å². The van der Waals surface area contributed by atoms with Crippen molar-refractivity contribution in [2.24, 2.45) is 5.73 Å². The summed E-state index contributed by atoms with van der Waals surface area (Å²) >= 11 is 1.54. The molecule has 4 aromatic rings. The fourth-order valence-electron chi connectivity index (χ4n) is 2.64. The van der Waals surface area contributed by atoms with E-state index in [0.717, 1.165) is 28.2 Å². The van der Waals surface area contributed by atoms with Crippen molar-refractivity contribution in [2.45, 2.75) is 6.42 Å². The second-order valence-corrected chi connectivity index (χ2v) is 6.28. The highest BCUT2D eigenvalue weighted by Gasteiger charge is 2.09. The molecule has 0 spiro atoms. The second kappa shape index (κ2) is 5.86. The molecule has 0 saturated carbocycles. The van der Waals surface area contributed by atoms with Crippen LogP contribution in [-0.2, 0) is 6.42 Å². The number of benzene rings is 1. The first kappa shape index (κ1) is 14.5. The maximum Gasteiger partial charge on any atom is 0.248 e. The number of hydrogen-bond acceptors (Lipinski definition) is 5. The van der Waals surface area contributed by atoms with Crippen LogP contribution in [-0.4, -0.2) is 25.5 Å². The van der Waals surface area contributed by atoms with Gasteiger partial charge in [0.25, 0.3) is 0 Å². The van der Waals surface area contributed by atoms with Crippen molar-refractivity contribution in [3.63, 3.8) is 0 Å². The van der Waals surface area contributed by atoms with Crippen molar-refractivity contribution in [2.75, 3.05) is 0 Å². The average Bonchev–Trinajstić information content (AvgIpc) is 3.23. The molecule has 6 nitrogen and oxygen atoms in total. The molecule has 118 valence electrons. The Morgan fingerprint density at radius 3 is 2.96 bits per heavy atom. The molecule has 3 heterocycles. The third kappa shape index (κ3) is 2.65. The zero-order valence-corrected chi connectivity index (χ0v) is 13.4. The molecule has 0 aliphatic heterocycles. The van der Waals surface area contributed by atoms with E-state index in [9.17, 15) is 4.79 Å². The van der Waals surface area contributed by atoms with Gasteiger partial charge >= 0.3 is 0 Å². The first-order valence-corrected chi connectivity index (χ1v) is 8.20. The first-order chi connectivity index (χ1) is 11.7. The molecule has 0 saturated heterocycles. The molecule has 24 heavy (non-hydrogen) atoms. The van der Waals surface area contributed by atoms with Gasteiger partial charge < -0.3 is 5.73 Å². The summed E-state index contributed by atoms with van der Waals surface area (Å²) in [5.41, 5.74) is 11.4. The number of carbonyl (C=O) groups is 1. The van der Waals surface area contributed by atoms with Gasteiger partial charge in [0.05, 0.1) is 11.9 Å². The normalized spacial score (nSPS) is 11.0. The molecule has 0 radical (unpaired) electrons. The van der Waals surface area contributed by atoms with E-state index in [0.29, 0.717) is 11.2 Å². The second-order valence-electron chi connectivity index (χ2n) is 5.36. The summed E-state index contributed by atoms with van der Waals surface area (Å²) in [6.07, 6.45) is 4.36. The van der Waals surface area contributed by atoms with Crippen LogP contribution in [0.5, 0.6) is 0 Å². The fourth-order valence-corrected chi connectivity index (χ4v) is 3.20. The Hall–Kier alpha value is -3.06. The number of primary amides is 1. The van der Waals surface area contributed by atoms with Crippen molar-refractivity contribution in [3.8, 4) is 11.3 Å². The first-order valence-electron chi connectivity index (χ1n) is 7.32. The van der Waals surface area contributed by atoms with Crippen LogP contribution in [0.25, 0.3) is 16.9 Å². The molecule has 1 amide bonds. The van der Waals surface area contributed by atoms with Gasteiger partial charge in [-0.2, -0.15) is 0 Å². The number of rotatable bonds is 4. The fraction of sp³-hybridized carbons (Fsp3) is 0.0588. The standard InChI is InChI=1S/C17H13N5OS/c18-17(23)13-4-5-22-14(9-19-15(22)8-13)12-3-1-2-11(6-12)7-16-21-20-10-24-16/h1-6,8-10H,7H2,(H2,18,23). The highest BCUT2D eigenvalue weighted by Crippen LogP contribution is 2.23. The Labute approximate surface area is 141 Å². The van der Waals surface area contributed by atoms with E-state index in [1.165, 1.54) is 0 Å². The monoisotopic (exact) mass is 335 g/mol. The molecular formula is C17H13N5OS. The van der Waals surface area contributed by atoms with Crippen LogP contribution in [0.2, 0.25) is 0 Å². The van der Waals surface area contributed by atoms with Crippen LogP contribution in [0, 0.1) is 0 Å². The Bertz CT molecular complexity index is 1020. The van der Waals surface area contributed by atoms with Crippen molar-refractivity contribution in [3.05, 3.63) is 70.4 Å². The third-order valence-corrected chi connectivity index (χ3v) is 4.48. The van der Waals surface area contributed by atoms with E-state index in [1.807, 2.05) is 22.7 Å². The average molecular weight is 335 g/mol. The van der Waals surface area contributed by atoms with Crippen molar-refractivity contribution < 1.29 is 4.79 Å². The largest absolute Gasteiger partial charge is 0.366 e. The van der Waals surface area contributed by atoms with Gasteiger partial charge in [0.1, 0.15) is 16.2 Å². The zero-order chi connectivity index (χ0) is 16.5. The Morgan fingerprint density at radius 1 is 1.25 bits per heavy atom. The molecule has 0 aliphatic rings. The van der Waals surface area contributed by atoms with Crippen LogP contribution >= 0.6 is 11.3 Å². The van der Waals surface area contributed by atoms with Crippen molar-refractivity contribution >= 4 is 22.9 Å². The number of pyridine rings is 1. The zero-order valence-electron chi connectivity index (χ0n) is 12.6. The number of fused-ring (bicyclic) bond motifs is 1. The van der Waals surface area contributed by atoms with E-state index in [1.54, 1.807) is 35.2 Å². The molecule has 2 N–H and O–H groups in total. The summed E-state index contributed by atoms with van der Waals surface area (Å²) in [7, 11) is 0. The quantitative estimate of drug-likeness (QED) is 0.621.